The zero-order valence-corrected chi connectivity index (χ0v) is 11.8. The van der Waals surface area contributed by atoms with Gasteiger partial charge in [0.1, 0.15) is 0 Å². The number of aromatic nitrogens is 1. The molecule has 1 aliphatic carbocycles. The van der Waals surface area contributed by atoms with E-state index in [1.165, 1.54) is 0 Å². The molecule has 3 nitrogen and oxygen atoms in total. The number of hydrogen-bond donors (Lipinski definition) is 0. The quantitative estimate of drug-likeness (QED) is 0.600. The fourth-order valence-corrected chi connectivity index (χ4v) is 3.00. The first-order valence-electron chi connectivity index (χ1n) is 5.85. The lowest BCUT2D eigenvalue weighted by atomic mass is 9.94. The Morgan fingerprint density at radius 1 is 1.05 bits per heavy atom. The van der Waals surface area contributed by atoms with Gasteiger partial charge in [0.05, 0.1) is 0 Å². The van der Waals surface area contributed by atoms with Crippen LogP contribution in [0.2, 0.25) is 0 Å². The molecule has 0 radical (unpaired) electrons. The first-order chi connectivity index (χ1) is 9.05. The van der Waals surface area contributed by atoms with E-state index in [4.69, 9.17) is 0 Å². The number of rotatable bonds is 1. The van der Waals surface area contributed by atoms with Crippen LogP contribution < -0.4 is 0 Å². The van der Waals surface area contributed by atoms with Crippen LogP contribution in [0.4, 0.5) is 0 Å². The van der Waals surface area contributed by atoms with Gasteiger partial charge in [-0.25, -0.2) is 0 Å². The van der Waals surface area contributed by atoms with Gasteiger partial charge in [-0.2, -0.15) is 0 Å². The van der Waals surface area contributed by atoms with E-state index in [0.29, 0.717) is 16.7 Å². The van der Waals surface area contributed by atoms with E-state index >= 15 is 0 Å². The summed E-state index contributed by atoms with van der Waals surface area (Å²) in [5, 5.41) is 0. The van der Waals surface area contributed by atoms with Crippen LogP contribution in [0.5, 0.6) is 0 Å². The van der Waals surface area contributed by atoms with Crippen LogP contribution >= 0.6 is 15.9 Å². The molecular formula is C15H10BrNO2. The molecule has 2 aromatic rings. The monoisotopic (exact) mass is 315 g/mol. The average Bonchev–Trinajstić information content (AvgIpc) is 2.63. The summed E-state index contributed by atoms with van der Waals surface area (Å²) < 4.78 is -1.32. The second-order valence-electron chi connectivity index (χ2n) is 4.61. The minimum absolute atomic E-state index is 0.222. The molecule has 0 amide bonds. The number of Topliss-reactive ketones (excluding diaryl/α,β-unsaturated/α-hetero) is 2. The predicted molar refractivity (Wildman–Crippen MR) is 74.7 cm³/mol. The van der Waals surface area contributed by atoms with Crippen LogP contribution in [0.1, 0.15) is 31.8 Å². The smallest absolute Gasteiger partial charge is 0.192 e. The topological polar surface area (TPSA) is 47.0 Å². The van der Waals surface area contributed by atoms with Crippen molar-refractivity contribution < 1.29 is 9.59 Å². The highest BCUT2D eigenvalue weighted by atomic mass is 79.9. The molecule has 1 aromatic carbocycles. The van der Waals surface area contributed by atoms with Gasteiger partial charge in [-0.3, -0.25) is 14.6 Å². The summed E-state index contributed by atoms with van der Waals surface area (Å²) in [4.78, 5) is 29.2. The van der Waals surface area contributed by atoms with Gasteiger partial charge in [0.2, 0.25) is 0 Å². The van der Waals surface area contributed by atoms with E-state index in [-0.39, 0.29) is 11.6 Å². The molecule has 0 N–H and O–H groups in total. The molecular weight excluding hydrogens is 306 g/mol. The molecule has 0 spiro atoms. The Kier molecular flexibility index (Phi) is 2.64. The summed E-state index contributed by atoms with van der Waals surface area (Å²) in [6, 6.07) is 8.70. The molecule has 0 aliphatic heterocycles. The lowest BCUT2D eigenvalue weighted by Crippen LogP contribution is -2.31. The van der Waals surface area contributed by atoms with E-state index in [1.54, 1.807) is 36.7 Å². The van der Waals surface area contributed by atoms with Crippen LogP contribution in [0.3, 0.4) is 0 Å². The number of aryl methyl sites for hydroxylation is 1. The predicted octanol–water partition coefficient (Wildman–Crippen LogP) is 3.06. The van der Waals surface area contributed by atoms with Crippen molar-refractivity contribution in [1.29, 1.82) is 0 Å². The molecule has 19 heavy (non-hydrogen) atoms. The van der Waals surface area contributed by atoms with Crippen LogP contribution in [0.25, 0.3) is 0 Å². The summed E-state index contributed by atoms with van der Waals surface area (Å²) in [6.07, 6.45) is 3.25. The average molecular weight is 316 g/mol. The van der Waals surface area contributed by atoms with Gasteiger partial charge in [0.15, 0.2) is 15.9 Å². The Morgan fingerprint density at radius 3 is 2.16 bits per heavy atom. The largest absolute Gasteiger partial charge is 0.292 e. The molecule has 0 saturated heterocycles. The maximum atomic E-state index is 12.5. The van der Waals surface area contributed by atoms with Crippen molar-refractivity contribution in [3.05, 3.63) is 65.0 Å². The summed E-state index contributed by atoms with van der Waals surface area (Å²) in [6.45, 7) is 1.88. The molecule has 3 rings (SSSR count). The molecule has 0 unspecified atom stereocenters. The Bertz CT molecular complexity index is 674. The van der Waals surface area contributed by atoms with Crippen molar-refractivity contribution in [2.24, 2.45) is 0 Å². The SMILES string of the molecule is Cc1cncc(C2(Br)C(=O)c3ccccc3C2=O)c1. The van der Waals surface area contributed by atoms with Crippen molar-refractivity contribution in [2.75, 3.05) is 0 Å². The summed E-state index contributed by atoms with van der Waals surface area (Å²) >= 11 is 3.36. The van der Waals surface area contributed by atoms with Gasteiger partial charge in [-0.05, 0) is 12.5 Å². The maximum absolute atomic E-state index is 12.5. The highest BCUT2D eigenvalue weighted by Crippen LogP contribution is 2.44. The molecule has 0 saturated carbocycles. The number of carbonyl (C=O) groups is 2. The first kappa shape index (κ1) is 12.2. The molecule has 94 valence electrons. The standard InChI is InChI=1S/C15H10BrNO2/c1-9-6-10(8-17-7-9)15(16)13(18)11-4-2-3-5-12(11)14(15)19/h2-8H,1H3. The molecule has 0 atom stereocenters. The normalized spacial score (nSPS) is 16.5. The number of carbonyl (C=O) groups excluding carboxylic acids is 2. The molecule has 4 heteroatoms. The number of nitrogens with zero attached hydrogens (tertiary/aromatic N) is 1. The Balaban J connectivity index is 2.23. The van der Waals surface area contributed by atoms with Gasteiger partial charge in [-0.15, -0.1) is 0 Å². The van der Waals surface area contributed by atoms with E-state index in [1.807, 2.05) is 13.0 Å². The number of benzene rings is 1. The minimum atomic E-state index is -1.32. The fourth-order valence-electron chi connectivity index (χ4n) is 2.36. The highest BCUT2D eigenvalue weighted by Gasteiger charge is 2.52. The number of alkyl halides is 1. The number of pyridine rings is 1. The van der Waals surface area contributed by atoms with Crippen molar-refractivity contribution in [3.63, 3.8) is 0 Å². The Hall–Kier alpha value is -1.81. The van der Waals surface area contributed by atoms with E-state index in [0.717, 1.165) is 5.56 Å². The third kappa shape index (κ3) is 1.60. The molecule has 1 aliphatic rings. The Labute approximate surface area is 118 Å². The van der Waals surface area contributed by atoms with Crippen LogP contribution in [-0.2, 0) is 4.32 Å². The third-order valence-electron chi connectivity index (χ3n) is 3.31. The zero-order chi connectivity index (χ0) is 13.6. The summed E-state index contributed by atoms with van der Waals surface area (Å²) in [5.74, 6) is -0.444. The summed E-state index contributed by atoms with van der Waals surface area (Å²) in [5.41, 5.74) is 2.42. The summed E-state index contributed by atoms with van der Waals surface area (Å²) in [7, 11) is 0. The number of ketones is 2. The van der Waals surface area contributed by atoms with Gasteiger partial charge >= 0.3 is 0 Å². The molecule has 0 bridgehead atoms. The second kappa shape index (κ2) is 4.10. The van der Waals surface area contributed by atoms with Gasteiger partial charge in [-0.1, -0.05) is 46.3 Å². The highest BCUT2D eigenvalue weighted by molar-refractivity contribution is 9.10. The second-order valence-corrected chi connectivity index (χ2v) is 5.80. The van der Waals surface area contributed by atoms with Gasteiger partial charge < -0.3 is 0 Å². The number of fused-ring (bicyclic) bond motifs is 1. The molecule has 1 aromatic heterocycles. The van der Waals surface area contributed by atoms with Crippen molar-refractivity contribution in [1.82, 2.24) is 4.98 Å². The van der Waals surface area contributed by atoms with Crippen LogP contribution in [0.15, 0.2) is 42.7 Å². The number of hydrogen-bond acceptors (Lipinski definition) is 3. The van der Waals surface area contributed by atoms with E-state index < -0.39 is 4.32 Å². The third-order valence-corrected chi connectivity index (χ3v) is 4.49. The van der Waals surface area contributed by atoms with Crippen molar-refractivity contribution >= 4 is 27.5 Å². The van der Waals surface area contributed by atoms with Gasteiger partial charge in [0, 0.05) is 29.1 Å². The van der Waals surface area contributed by atoms with Crippen molar-refractivity contribution in [3.8, 4) is 0 Å². The van der Waals surface area contributed by atoms with Crippen molar-refractivity contribution in [2.45, 2.75) is 11.2 Å². The number of halogens is 1. The van der Waals surface area contributed by atoms with Gasteiger partial charge in [0.25, 0.3) is 0 Å². The molecule has 0 fully saturated rings. The minimum Gasteiger partial charge on any atom is -0.292 e. The van der Waals surface area contributed by atoms with E-state index in [2.05, 4.69) is 20.9 Å². The fraction of sp³-hybridized carbons (Fsp3) is 0.133. The lowest BCUT2D eigenvalue weighted by molar-refractivity contribution is 0.0871. The maximum Gasteiger partial charge on any atom is 0.192 e. The van der Waals surface area contributed by atoms with Crippen LogP contribution in [0, 0.1) is 6.92 Å². The molecule has 1 heterocycles. The zero-order valence-electron chi connectivity index (χ0n) is 10.2. The van der Waals surface area contributed by atoms with E-state index in [9.17, 15) is 9.59 Å². The lowest BCUT2D eigenvalue weighted by Gasteiger charge is -2.18. The first-order valence-corrected chi connectivity index (χ1v) is 6.64. The Morgan fingerprint density at radius 2 is 1.63 bits per heavy atom. The van der Waals surface area contributed by atoms with Crippen LogP contribution in [-0.4, -0.2) is 16.6 Å².